The summed E-state index contributed by atoms with van der Waals surface area (Å²) in [5.41, 5.74) is 7.85. The molecule has 1 saturated carbocycles. The first-order valence-electron chi connectivity index (χ1n) is 9.55. The Morgan fingerprint density at radius 1 is 1.04 bits per heavy atom. The van der Waals surface area contributed by atoms with Crippen LogP contribution in [0.1, 0.15) is 87.1 Å². The molecule has 2 aliphatic rings. The van der Waals surface area contributed by atoms with Crippen LogP contribution in [0, 0.1) is 0 Å². The fraction of sp³-hybridized carbons (Fsp3) is 0.545. The van der Waals surface area contributed by atoms with Gasteiger partial charge in [-0.15, -0.1) is 0 Å². The normalized spacial score (nSPS) is 20.3. The van der Waals surface area contributed by atoms with Crippen molar-refractivity contribution in [3.8, 4) is 0 Å². The van der Waals surface area contributed by atoms with Crippen molar-refractivity contribution in [2.75, 3.05) is 0 Å². The molecule has 0 amide bonds. The van der Waals surface area contributed by atoms with Crippen LogP contribution >= 0.6 is 0 Å². The van der Waals surface area contributed by atoms with E-state index in [9.17, 15) is 0 Å². The van der Waals surface area contributed by atoms with E-state index in [2.05, 4.69) is 56.6 Å². The van der Waals surface area contributed by atoms with Crippen molar-refractivity contribution >= 4 is 0 Å². The molecular weight excluding hydrogens is 278 g/mol. The molecule has 1 aromatic rings. The number of dihydropyridines is 1. The average Bonchev–Trinajstić information content (AvgIpc) is 3.41. The first kappa shape index (κ1) is 16.4. The largest absolute Gasteiger partial charge is 0.381 e. The monoisotopic (exact) mass is 309 g/mol. The van der Waals surface area contributed by atoms with E-state index in [1.807, 2.05) is 0 Å². The Morgan fingerprint density at radius 3 is 2.48 bits per heavy atom. The molecule has 1 nitrogen and oxygen atoms in total. The lowest BCUT2D eigenvalue weighted by atomic mass is 9.87. The summed E-state index contributed by atoms with van der Waals surface area (Å²) in [5.74, 6) is 0.834. The number of aryl methyl sites for hydroxylation is 1. The predicted octanol–water partition coefficient (Wildman–Crippen LogP) is 5.96. The minimum absolute atomic E-state index is 0.346. The molecule has 1 N–H and O–H groups in total. The number of hydrogen-bond donors (Lipinski definition) is 1. The summed E-state index contributed by atoms with van der Waals surface area (Å²) in [6, 6.07) is 5.35. The first-order valence-corrected chi connectivity index (χ1v) is 9.55. The molecule has 1 atom stereocenters. The number of benzene rings is 1. The summed E-state index contributed by atoms with van der Waals surface area (Å²) in [4.78, 5) is 0. The van der Waals surface area contributed by atoms with Crippen LogP contribution in [0.25, 0.3) is 0 Å². The molecule has 1 aliphatic heterocycles. The molecule has 0 spiro atoms. The lowest BCUT2D eigenvalue weighted by Crippen LogP contribution is -2.17. The maximum Gasteiger partial charge on any atom is 0.0698 e. The molecule has 0 saturated heterocycles. The van der Waals surface area contributed by atoms with Crippen LogP contribution in [-0.4, -0.2) is 0 Å². The molecule has 1 heterocycles. The molecule has 124 valence electrons. The highest BCUT2D eigenvalue weighted by Gasteiger charge is 2.28. The Balaban J connectivity index is 2.00. The van der Waals surface area contributed by atoms with Gasteiger partial charge in [0, 0.05) is 0 Å². The summed E-state index contributed by atoms with van der Waals surface area (Å²) in [6.45, 7) is 6.85. The van der Waals surface area contributed by atoms with Crippen molar-refractivity contribution in [3.63, 3.8) is 0 Å². The average molecular weight is 309 g/mol. The minimum Gasteiger partial charge on any atom is -0.381 e. The van der Waals surface area contributed by atoms with Gasteiger partial charge in [0.15, 0.2) is 0 Å². The maximum atomic E-state index is 3.55. The van der Waals surface area contributed by atoms with E-state index in [0.29, 0.717) is 6.04 Å². The van der Waals surface area contributed by atoms with Crippen LogP contribution in [0.15, 0.2) is 36.1 Å². The summed E-state index contributed by atoms with van der Waals surface area (Å²) in [5, 5.41) is 3.55. The van der Waals surface area contributed by atoms with Gasteiger partial charge in [0.05, 0.1) is 6.04 Å². The number of rotatable bonds is 7. The third-order valence-electron chi connectivity index (χ3n) is 5.16. The van der Waals surface area contributed by atoms with E-state index in [-0.39, 0.29) is 0 Å². The molecule has 1 fully saturated rings. The van der Waals surface area contributed by atoms with Gasteiger partial charge in [-0.25, -0.2) is 0 Å². The third-order valence-corrected chi connectivity index (χ3v) is 5.16. The van der Waals surface area contributed by atoms with Crippen molar-refractivity contribution in [2.45, 2.75) is 77.7 Å². The Bertz CT molecular complexity index is 605. The fourth-order valence-electron chi connectivity index (χ4n) is 3.77. The molecule has 0 bridgehead atoms. The Labute approximate surface area is 141 Å². The highest BCUT2D eigenvalue weighted by molar-refractivity contribution is 5.46. The van der Waals surface area contributed by atoms with Crippen molar-refractivity contribution in [1.82, 2.24) is 5.32 Å². The highest BCUT2D eigenvalue weighted by Crippen LogP contribution is 2.44. The van der Waals surface area contributed by atoms with Gasteiger partial charge in [0.25, 0.3) is 0 Å². The highest BCUT2D eigenvalue weighted by atomic mass is 14.9. The number of hydrogen-bond acceptors (Lipinski definition) is 1. The van der Waals surface area contributed by atoms with Crippen LogP contribution in [0.3, 0.4) is 0 Å². The van der Waals surface area contributed by atoms with Gasteiger partial charge in [0.1, 0.15) is 0 Å². The van der Waals surface area contributed by atoms with Crippen LogP contribution in [0.5, 0.6) is 0 Å². The number of nitrogens with one attached hydrogen (secondary N) is 1. The lowest BCUT2D eigenvalue weighted by Gasteiger charge is -2.23. The van der Waals surface area contributed by atoms with Crippen molar-refractivity contribution < 1.29 is 0 Å². The standard InChI is InChI=1S/C22H31N/c1-4-7-18-14-19(22-13-16(6-3)11-12-23-22)15-21(17-9-10-17)20(18)8-5-2/h11-15,17,22-23H,4-10H2,1-3H3. The van der Waals surface area contributed by atoms with E-state index in [4.69, 9.17) is 0 Å². The third kappa shape index (κ3) is 3.71. The molecule has 23 heavy (non-hydrogen) atoms. The van der Waals surface area contributed by atoms with Gasteiger partial charge >= 0.3 is 0 Å². The molecular formula is C22H31N. The second-order valence-corrected chi connectivity index (χ2v) is 7.09. The van der Waals surface area contributed by atoms with Crippen LogP contribution < -0.4 is 5.32 Å². The predicted molar refractivity (Wildman–Crippen MR) is 99.8 cm³/mol. The lowest BCUT2D eigenvalue weighted by molar-refractivity contribution is 0.726. The fourth-order valence-corrected chi connectivity index (χ4v) is 3.77. The van der Waals surface area contributed by atoms with Crippen molar-refractivity contribution in [2.24, 2.45) is 0 Å². The van der Waals surface area contributed by atoms with Gasteiger partial charge in [0.2, 0.25) is 0 Å². The SMILES string of the molecule is CCCc1cc(C2C=C(CC)C=CN2)cc(C2CC2)c1CCC. The quantitative estimate of drug-likeness (QED) is 0.655. The molecule has 0 radical (unpaired) electrons. The number of allylic oxidation sites excluding steroid dienone is 2. The summed E-state index contributed by atoms with van der Waals surface area (Å²) in [7, 11) is 0. The Kier molecular flexibility index (Phi) is 5.25. The van der Waals surface area contributed by atoms with Gasteiger partial charge in [-0.2, -0.15) is 0 Å². The van der Waals surface area contributed by atoms with E-state index in [1.54, 1.807) is 16.7 Å². The second-order valence-electron chi connectivity index (χ2n) is 7.09. The van der Waals surface area contributed by atoms with Crippen molar-refractivity contribution in [3.05, 3.63) is 58.3 Å². The summed E-state index contributed by atoms with van der Waals surface area (Å²) in [6.07, 6.45) is 15.6. The zero-order valence-electron chi connectivity index (χ0n) is 15.0. The molecule has 1 heteroatoms. The Hall–Kier alpha value is -1.50. The summed E-state index contributed by atoms with van der Waals surface area (Å²) < 4.78 is 0. The topological polar surface area (TPSA) is 12.0 Å². The van der Waals surface area contributed by atoms with E-state index in [0.717, 1.165) is 12.3 Å². The zero-order valence-corrected chi connectivity index (χ0v) is 15.0. The van der Waals surface area contributed by atoms with Crippen molar-refractivity contribution in [1.29, 1.82) is 0 Å². The smallest absolute Gasteiger partial charge is 0.0698 e. The molecule has 1 aliphatic carbocycles. The molecule has 1 unspecified atom stereocenters. The van der Waals surface area contributed by atoms with E-state index >= 15 is 0 Å². The van der Waals surface area contributed by atoms with Crippen LogP contribution in [0.2, 0.25) is 0 Å². The molecule has 3 rings (SSSR count). The maximum absolute atomic E-state index is 3.55. The van der Waals surface area contributed by atoms with E-state index in [1.165, 1.54) is 49.7 Å². The second kappa shape index (κ2) is 7.38. The Morgan fingerprint density at radius 2 is 1.83 bits per heavy atom. The van der Waals surface area contributed by atoms with Crippen LogP contribution in [0.4, 0.5) is 0 Å². The molecule has 1 aromatic carbocycles. The summed E-state index contributed by atoms with van der Waals surface area (Å²) >= 11 is 0. The van der Waals surface area contributed by atoms with Gasteiger partial charge in [-0.3, -0.25) is 0 Å². The minimum atomic E-state index is 0.346. The molecule has 0 aromatic heterocycles. The zero-order chi connectivity index (χ0) is 16.2. The van der Waals surface area contributed by atoms with Gasteiger partial charge < -0.3 is 5.32 Å². The first-order chi connectivity index (χ1) is 11.3. The van der Waals surface area contributed by atoms with Gasteiger partial charge in [-0.05, 0) is 78.1 Å². The van der Waals surface area contributed by atoms with Crippen LogP contribution in [-0.2, 0) is 12.8 Å². The van der Waals surface area contributed by atoms with E-state index < -0.39 is 0 Å². The van der Waals surface area contributed by atoms with Gasteiger partial charge in [-0.1, -0.05) is 51.8 Å².